The molecule has 38 heavy (non-hydrogen) atoms. The normalized spacial score (nSPS) is 19.0. The molecule has 9 heteroatoms. The minimum atomic E-state index is -4.47. The van der Waals surface area contributed by atoms with E-state index in [1.165, 1.54) is 12.1 Å². The summed E-state index contributed by atoms with van der Waals surface area (Å²) >= 11 is 0. The first-order valence-electron chi connectivity index (χ1n) is 12.6. The minimum Gasteiger partial charge on any atom is -0.497 e. The lowest BCUT2D eigenvalue weighted by atomic mass is 9.82. The van der Waals surface area contributed by atoms with Crippen molar-refractivity contribution in [2.24, 2.45) is 5.92 Å². The van der Waals surface area contributed by atoms with Gasteiger partial charge in [-0.25, -0.2) is 4.39 Å². The number of carbonyl (C=O) groups is 1. The molecule has 5 nitrogen and oxygen atoms in total. The van der Waals surface area contributed by atoms with Gasteiger partial charge in [0.15, 0.2) is 0 Å². The molecule has 0 spiro atoms. The zero-order valence-electron chi connectivity index (χ0n) is 21.0. The Bertz CT molecular complexity index is 1300. The average Bonchev–Trinajstić information content (AvgIpc) is 2.92. The van der Waals surface area contributed by atoms with Crippen LogP contribution in [0.25, 0.3) is 0 Å². The SMILES string of the molecule is COc1ccc(CCNC(=O)[C@@H]2Cc3cc(C(F)(F)F)ccc3N3CCN(c4ccccc4F)C[C@H]23)cc1. The lowest BCUT2D eigenvalue weighted by Crippen LogP contribution is -2.61. The van der Waals surface area contributed by atoms with E-state index < -0.39 is 17.7 Å². The van der Waals surface area contributed by atoms with Crippen molar-refractivity contribution in [2.45, 2.75) is 25.1 Å². The Morgan fingerprint density at radius 2 is 1.79 bits per heavy atom. The second-order valence-corrected chi connectivity index (χ2v) is 9.70. The van der Waals surface area contributed by atoms with Gasteiger partial charge in [-0.2, -0.15) is 13.2 Å². The molecule has 0 saturated carbocycles. The second kappa shape index (κ2) is 10.6. The summed E-state index contributed by atoms with van der Waals surface area (Å²) in [4.78, 5) is 17.4. The number of piperazine rings is 1. The van der Waals surface area contributed by atoms with Crippen LogP contribution in [0.4, 0.5) is 28.9 Å². The number of ether oxygens (including phenoxy) is 1. The van der Waals surface area contributed by atoms with Gasteiger partial charge in [0.2, 0.25) is 5.91 Å². The van der Waals surface area contributed by atoms with Crippen molar-refractivity contribution in [1.82, 2.24) is 5.32 Å². The van der Waals surface area contributed by atoms with E-state index in [4.69, 9.17) is 4.74 Å². The quantitative estimate of drug-likeness (QED) is 0.455. The number of rotatable bonds is 6. The monoisotopic (exact) mass is 527 g/mol. The first-order chi connectivity index (χ1) is 18.2. The molecule has 1 fully saturated rings. The van der Waals surface area contributed by atoms with Crippen LogP contribution in [0, 0.1) is 11.7 Å². The standard InChI is InChI=1S/C29H29F4N3O2/c1-38-22-9-6-19(7-10-22)12-13-34-28(37)23-17-20-16-21(29(31,32)33)8-11-25(20)36-15-14-35(18-27(23)36)26-5-3-2-4-24(26)30/h2-11,16,23,27H,12-15,17-18H2,1H3,(H,34,37)/t23-,27-/m1/s1. The van der Waals surface area contributed by atoms with Gasteiger partial charge in [-0.3, -0.25) is 4.79 Å². The van der Waals surface area contributed by atoms with Gasteiger partial charge in [0.05, 0.1) is 30.3 Å². The Balaban J connectivity index is 1.38. The van der Waals surface area contributed by atoms with E-state index in [9.17, 15) is 22.4 Å². The molecule has 1 saturated heterocycles. The van der Waals surface area contributed by atoms with E-state index in [1.54, 1.807) is 25.3 Å². The van der Waals surface area contributed by atoms with Gasteiger partial charge in [-0.05, 0) is 66.4 Å². The highest BCUT2D eigenvalue weighted by Gasteiger charge is 2.43. The Morgan fingerprint density at radius 1 is 1.03 bits per heavy atom. The number of anilines is 2. The largest absolute Gasteiger partial charge is 0.497 e. The Labute approximate surface area is 219 Å². The molecule has 3 aromatic rings. The highest BCUT2D eigenvalue weighted by atomic mass is 19.4. The molecule has 0 unspecified atom stereocenters. The van der Waals surface area contributed by atoms with Crippen molar-refractivity contribution in [3.05, 3.63) is 89.2 Å². The van der Waals surface area contributed by atoms with E-state index in [-0.39, 0.29) is 24.2 Å². The zero-order chi connectivity index (χ0) is 26.9. The third kappa shape index (κ3) is 5.28. The summed E-state index contributed by atoms with van der Waals surface area (Å²) in [6.07, 6.45) is -3.68. The number of methoxy groups -OCH3 is 1. The van der Waals surface area contributed by atoms with Crippen molar-refractivity contribution >= 4 is 17.3 Å². The predicted molar refractivity (Wildman–Crippen MR) is 138 cm³/mol. The molecule has 0 radical (unpaired) electrons. The molecule has 0 aliphatic carbocycles. The van der Waals surface area contributed by atoms with Crippen LogP contribution in [-0.2, 0) is 23.8 Å². The van der Waals surface area contributed by atoms with Crippen LogP contribution in [0.2, 0.25) is 0 Å². The fourth-order valence-corrected chi connectivity index (χ4v) is 5.48. The number of hydrogen-bond donors (Lipinski definition) is 1. The minimum absolute atomic E-state index is 0.180. The number of nitrogens with zero attached hydrogens (tertiary/aromatic N) is 2. The molecule has 2 atom stereocenters. The van der Waals surface area contributed by atoms with E-state index in [0.29, 0.717) is 49.5 Å². The Morgan fingerprint density at radius 3 is 2.50 bits per heavy atom. The van der Waals surface area contributed by atoms with Gasteiger partial charge in [0.1, 0.15) is 11.6 Å². The lowest BCUT2D eigenvalue weighted by molar-refractivity contribution is -0.137. The van der Waals surface area contributed by atoms with Crippen LogP contribution in [0.3, 0.4) is 0 Å². The van der Waals surface area contributed by atoms with Crippen molar-refractivity contribution in [1.29, 1.82) is 0 Å². The maximum Gasteiger partial charge on any atom is 0.416 e. The maximum atomic E-state index is 14.6. The van der Waals surface area contributed by atoms with Crippen LogP contribution in [0.1, 0.15) is 16.7 Å². The van der Waals surface area contributed by atoms with Gasteiger partial charge in [-0.1, -0.05) is 24.3 Å². The summed E-state index contributed by atoms with van der Waals surface area (Å²) in [6.45, 7) is 1.73. The van der Waals surface area contributed by atoms with Crippen LogP contribution in [-0.4, -0.2) is 45.2 Å². The number of hydrogen-bond acceptors (Lipinski definition) is 4. The summed E-state index contributed by atoms with van der Waals surface area (Å²) in [5, 5.41) is 2.99. The lowest BCUT2D eigenvalue weighted by Gasteiger charge is -2.49. The average molecular weight is 528 g/mol. The zero-order valence-corrected chi connectivity index (χ0v) is 21.0. The third-order valence-corrected chi connectivity index (χ3v) is 7.44. The summed E-state index contributed by atoms with van der Waals surface area (Å²) < 4.78 is 60.1. The highest BCUT2D eigenvalue weighted by molar-refractivity contribution is 5.82. The number of halogens is 4. The van der Waals surface area contributed by atoms with Crippen LogP contribution >= 0.6 is 0 Å². The topological polar surface area (TPSA) is 44.8 Å². The molecule has 5 rings (SSSR count). The molecule has 2 aliphatic rings. The maximum absolute atomic E-state index is 14.6. The molecule has 1 amide bonds. The molecule has 200 valence electrons. The first kappa shape index (κ1) is 25.9. The van der Waals surface area contributed by atoms with Gasteiger partial charge in [0, 0.05) is 31.9 Å². The van der Waals surface area contributed by atoms with Crippen LogP contribution < -0.4 is 19.9 Å². The van der Waals surface area contributed by atoms with Crippen LogP contribution in [0.5, 0.6) is 5.75 Å². The fourth-order valence-electron chi connectivity index (χ4n) is 5.48. The molecule has 0 aromatic heterocycles. The number of amides is 1. The molecule has 1 N–H and O–H groups in total. The number of alkyl halides is 3. The molecular formula is C29H29F4N3O2. The summed E-state index contributed by atoms with van der Waals surface area (Å²) in [7, 11) is 1.59. The first-order valence-corrected chi connectivity index (χ1v) is 12.6. The van der Waals surface area contributed by atoms with Crippen molar-refractivity contribution in [3.8, 4) is 5.75 Å². The third-order valence-electron chi connectivity index (χ3n) is 7.44. The fraction of sp³-hybridized carbons (Fsp3) is 0.345. The van der Waals surface area contributed by atoms with Gasteiger partial charge < -0.3 is 19.9 Å². The number of carbonyl (C=O) groups excluding carboxylic acids is 1. The van der Waals surface area contributed by atoms with E-state index in [1.807, 2.05) is 34.1 Å². The summed E-state index contributed by atoms with van der Waals surface area (Å²) in [5.41, 5.74) is 1.98. The van der Waals surface area contributed by atoms with E-state index in [0.717, 1.165) is 23.4 Å². The van der Waals surface area contributed by atoms with E-state index in [2.05, 4.69) is 5.32 Å². The van der Waals surface area contributed by atoms with Crippen molar-refractivity contribution < 1.29 is 27.1 Å². The number of fused-ring (bicyclic) bond motifs is 3. The van der Waals surface area contributed by atoms with Crippen molar-refractivity contribution in [2.75, 3.05) is 43.1 Å². The number of nitrogens with one attached hydrogen (secondary N) is 1. The predicted octanol–water partition coefficient (Wildman–Crippen LogP) is 5.08. The highest BCUT2D eigenvalue weighted by Crippen LogP contribution is 2.40. The van der Waals surface area contributed by atoms with Gasteiger partial charge in [0.25, 0.3) is 0 Å². The Kier molecular flexibility index (Phi) is 7.19. The molecule has 2 heterocycles. The van der Waals surface area contributed by atoms with Gasteiger partial charge in [-0.15, -0.1) is 0 Å². The molecule has 2 aliphatic heterocycles. The van der Waals surface area contributed by atoms with Gasteiger partial charge >= 0.3 is 6.18 Å². The molecule has 3 aromatic carbocycles. The van der Waals surface area contributed by atoms with Crippen LogP contribution in [0.15, 0.2) is 66.7 Å². The Hall–Kier alpha value is -3.75. The smallest absolute Gasteiger partial charge is 0.416 e. The summed E-state index contributed by atoms with van der Waals surface area (Å²) in [5.74, 6) is -0.399. The number of benzene rings is 3. The molecular weight excluding hydrogens is 498 g/mol. The van der Waals surface area contributed by atoms with Crippen molar-refractivity contribution in [3.63, 3.8) is 0 Å². The second-order valence-electron chi connectivity index (χ2n) is 9.70. The number of para-hydroxylation sites is 1. The summed E-state index contributed by atoms with van der Waals surface area (Å²) in [6, 6.07) is 17.5. The van der Waals surface area contributed by atoms with E-state index >= 15 is 0 Å². The molecule has 0 bridgehead atoms.